The molecule has 0 radical (unpaired) electrons. The van der Waals surface area contributed by atoms with E-state index in [0.29, 0.717) is 28.1 Å². The lowest BCUT2D eigenvalue weighted by molar-refractivity contribution is 0.432. The highest BCUT2D eigenvalue weighted by atomic mass is 35.5. The fraction of sp³-hybridized carbons (Fsp3) is 0.0714. The molecule has 0 aliphatic heterocycles. The number of anilines is 1. The molecule has 1 aromatic carbocycles. The zero-order chi connectivity index (χ0) is 14.1. The van der Waals surface area contributed by atoms with E-state index in [4.69, 9.17) is 21.9 Å². The van der Waals surface area contributed by atoms with Gasteiger partial charge in [-0.1, -0.05) is 22.8 Å². The molecule has 2 N–H and O–H groups in total. The molecule has 0 aliphatic carbocycles. The van der Waals surface area contributed by atoms with E-state index in [9.17, 15) is 0 Å². The average Bonchev–Trinajstić information content (AvgIpc) is 2.92. The maximum Gasteiger partial charge on any atom is 0.258 e. The van der Waals surface area contributed by atoms with Crippen LogP contribution in [0.5, 0.6) is 0 Å². The summed E-state index contributed by atoms with van der Waals surface area (Å²) in [5, 5.41) is 4.47. The lowest BCUT2D eigenvalue weighted by Gasteiger charge is -2.00. The number of nitrogens with zero attached hydrogens (tertiary/aromatic N) is 3. The van der Waals surface area contributed by atoms with Gasteiger partial charge in [-0.25, -0.2) is 0 Å². The van der Waals surface area contributed by atoms with Crippen molar-refractivity contribution < 1.29 is 4.52 Å². The van der Waals surface area contributed by atoms with Crippen molar-refractivity contribution in [3.05, 3.63) is 47.1 Å². The first-order valence-corrected chi connectivity index (χ1v) is 6.33. The molecule has 0 atom stereocenters. The van der Waals surface area contributed by atoms with Crippen molar-refractivity contribution in [3.63, 3.8) is 0 Å². The van der Waals surface area contributed by atoms with Gasteiger partial charge in [-0.3, -0.25) is 4.98 Å². The average molecular weight is 287 g/mol. The smallest absolute Gasteiger partial charge is 0.258 e. The lowest BCUT2D eigenvalue weighted by atomic mass is 10.1. The molecule has 0 aliphatic rings. The van der Waals surface area contributed by atoms with Crippen molar-refractivity contribution in [1.29, 1.82) is 0 Å². The second-order valence-corrected chi connectivity index (χ2v) is 4.79. The molecule has 3 rings (SSSR count). The van der Waals surface area contributed by atoms with Crippen LogP contribution in [-0.4, -0.2) is 15.1 Å². The number of rotatable bonds is 2. The minimum Gasteiger partial charge on any atom is -0.398 e. The first kappa shape index (κ1) is 12.6. The molecule has 100 valence electrons. The number of hydrogen-bond acceptors (Lipinski definition) is 5. The Morgan fingerprint density at radius 2 is 2.05 bits per heavy atom. The topological polar surface area (TPSA) is 77.8 Å². The standard InChI is InChI=1S/C14H11ClN4O/c1-8-2-3-9(6-11(8)16)14-18-13(19-20-14)12-5-4-10(15)7-17-12/h2-7H,16H2,1H3. The number of aromatic nitrogens is 3. The third-order valence-electron chi connectivity index (χ3n) is 2.91. The molecule has 0 unspecified atom stereocenters. The van der Waals surface area contributed by atoms with Gasteiger partial charge >= 0.3 is 0 Å². The van der Waals surface area contributed by atoms with Crippen LogP contribution < -0.4 is 5.73 Å². The van der Waals surface area contributed by atoms with Gasteiger partial charge in [-0.05, 0) is 36.8 Å². The summed E-state index contributed by atoms with van der Waals surface area (Å²) in [7, 11) is 0. The van der Waals surface area contributed by atoms with Crippen LogP contribution in [0.1, 0.15) is 5.56 Å². The van der Waals surface area contributed by atoms with Gasteiger partial charge in [-0.2, -0.15) is 4.98 Å². The maximum absolute atomic E-state index is 5.88. The van der Waals surface area contributed by atoms with Crippen LogP contribution in [0, 0.1) is 6.92 Å². The number of pyridine rings is 1. The molecule has 2 heterocycles. The highest BCUT2D eigenvalue weighted by molar-refractivity contribution is 6.30. The molecular formula is C14H11ClN4O. The maximum atomic E-state index is 5.88. The Bertz CT molecular complexity index is 752. The summed E-state index contributed by atoms with van der Waals surface area (Å²) in [5.74, 6) is 0.819. The predicted octanol–water partition coefficient (Wildman–Crippen LogP) is 3.34. The number of benzene rings is 1. The van der Waals surface area contributed by atoms with Gasteiger partial charge < -0.3 is 10.3 Å². The minimum atomic E-state index is 0.406. The zero-order valence-electron chi connectivity index (χ0n) is 10.7. The first-order chi connectivity index (χ1) is 9.63. The van der Waals surface area contributed by atoms with E-state index in [1.54, 1.807) is 12.1 Å². The van der Waals surface area contributed by atoms with Gasteiger partial charge in [0.15, 0.2) is 0 Å². The third-order valence-corrected chi connectivity index (χ3v) is 3.13. The highest BCUT2D eigenvalue weighted by Crippen LogP contribution is 2.24. The molecule has 5 nitrogen and oxygen atoms in total. The van der Waals surface area contributed by atoms with Crippen LogP contribution in [0.4, 0.5) is 5.69 Å². The molecule has 0 fully saturated rings. The summed E-state index contributed by atoms with van der Waals surface area (Å²) in [6.45, 7) is 1.94. The number of nitrogen functional groups attached to an aromatic ring is 1. The van der Waals surface area contributed by atoms with Crippen LogP contribution in [0.3, 0.4) is 0 Å². The van der Waals surface area contributed by atoms with Gasteiger partial charge in [0.2, 0.25) is 5.82 Å². The Morgan fingerprint density at radius 3 is 2.75 bits per heavy atom. The van der Waals surface area contributed by atoms with Crippen molar-refractivity contribution in [2.45, 2.75) is 6.92 Å². The zero-order valence-corrected chi connectivity index (χ0v) is 11.4. The van der Waals surface area contributed by atoms with Crippen molar-refractivity contribution >= 4 is 17.3 Å². The quantitative estimate of drug-likeness (QED) is 0.731. The van der Waals surface area contributed by atoms with Crippen molar-refractivity contribution in [2.75, 3.05) is 5.73 Å². The van der Waals surface area contributed by atoms with Crippen molar-refractivity contribution in [1.82, 2.24) is 15.1 Å². The van der Waals surface area contributed by atoms with Crippen molar-refractivity contribution in [3.8, 4) is 23.0 Å². The number of aryl methyl sites for hydroxylation is 1. The van der Waals surface area contributed by atoms with Crippen LogP contribution in [0.15, 0.2) is 41.1 Å². The Labute approximate surface area is 120 Å². The number of nitrogens with two attached hydrogens (primary N) is 1. The monoisotopic (exact) mass is 286 g/mol. The molecule has 0 bridgehead atoms. The molecule has 0 saturated carbocycles. The summed E-state index contributed by atoms with van der Waals surface area (Å²) < 4.78 is 5.24. The van der Waals surface area contributed by atoms with Gasteiger partial charge in [0, 0.05) is 17.4 Å². The second-order valence-electron chi connectivity index (χ2n) is 4.36. The second kappa shape index (κ2) is 4.94. The normalized spacial score (nSPS) is 10.7. The summed E-state index contributed by atoms with van der Waals surface area (Å²) in [6, 6.07) is 9.07. The van der Waals surface area contributed by atoms with E-state index < -0.39 is 0 Å². The fourth-order valence-corrected chi connectivity index (χ4v) is 1.84. The van der Waals surface area contributed by atoms with E-state index in [1.807, 2.05) is 25.1 Å². The van der Waals surface area contributed by atoms with Crippen molar-refractivity contribution in [2.24, 2.45) is 0 Å². The van der Waals surface area contributed by atoms with Gasteiger partial charge in [0.1, 0.15) is 5.69 Å². The Kier molecular flexibility index (Phi) is 3.12. The molecule has 6 heteroatoms. The molecule has 0 amide bonds. The summed E-state index contributed by atoms with van der Waals surface area (Å²) in [5.41, 5.74) is 8.95. The summed E-state index contributed by atoms with van der Waals surface area (Å²) >= 11 is 5.79. The van der Waals surface area contributed by atoms with Crippen LogP contribution in [0.25, 0.3) is 23.0 Å². The number of hydrogen-bond donors (Lipinski definition) is 1. The lowest BCUT2D eigenvalue weighted by Crippen LogP contribution is -1.90. The predicted molar refractivity (Wildman–Crippen MR) is 77.1 cm³/mol. The van der Waals surface area contributed by atoms with Crippen LogP contribution >= 0.6 is 11.6 Å². The van der Waals surface area contributed by atoms with E-state index in [1.165, 1.54) is 6.20 Å². The highest BCUT2D eigenvalue weighted by Gasteiger charge is 2.12. The summed E-state index contributed by atoms with van der Waals surface area (Å²) in [4.78, 5) is 8.46. The Hall–Kier alpha value is -2.40. The van der Waals surface area contributed by atoms with Gasteiger partial charge in [-0.15, -0.1) is 0 Å². The van der Waals surface area contributed by atoms with E-state index >= 15 is 0 Å². The summed E-state index contributed by atoms with van der Waals surface area (Å²) in [6.07, 6.45) is 1.54. The molecule has 20 heavy (non-hydrogen) atoms. The molecule has 2 aromatic heterocycles. The van der Waals surface area contributed by atoms with E-state index in [2.05, 4.69) is 15.1 Å². The van der Waals surface area contributed by atoms with Crippen LogP contribution in [0.2, 0.25) is 5.02 Å². The number of halogens is 1. The van der Waals surface area contributed by atoms with E-state index in [0.717, 1.165) is 11.1 Å². The largest absolute Gasteiger partial charge is 0.398 e. The Balaban J connectivity index is 1.97. The Morgan fingerprint density at radius 1 is 1.20 bits per heavy atom. The van der Waals surface area contributed by atoms with E-state index in [-0.39, 0.29) is 0 Å². The first-order valence-electron chi connectivity index (χ1n) is 5.95. The fourth-order valence-electron chi connectivity index (χ4n) is 1.73. The third kappa shape index (κ3) is 2.35. The van der Waals surface area contributed by atoms with Crippen LogP contribution in [-0.2, 0) is 0 Å². The van der Waals surface area contributed by atoms with Gasteiger partial charge in [0.25, 0.3) is 5.89 Å². The molecule has 0 spiro atoms. The molecule has 0 saturated heterocycles. The van der Waals surface area contributed by atoms with Gasteiger partial charge in [0.05, 0.1) is 5.02 Å². The minimum absolute atomic E-state index is 0.406. The molecular weight excluding hydrogens is 276 g/mol. The SMILES string of the molecule is Cc1ccc(-c2nc(-c3ccc(Cl)cn3)no2)cc1N. The molecule has 3 aromatic rings.